The average Bonchev–Trinajstić information content (AvgIpc) is 2.91. The fourth-order valence-corrected chi connectivity index (χ4v) is 3.08. The van der Waals surface area contributed by atoms with Gasteiger partial charge in [-0.25, -0.2) is 0 Å². The predicted octanol–water partition coefficient (Wildman–Crippen LogP) is 2.16. The smallest absolute Gasteiger partial charge is 0.238 e. The lowest BCUT2D eigenvalue weighted by Crippen LogP contribution is -2.41. The molecule has 4 heteroatoms. The third kappa shape index (κ3) is 4.55. The van der Waals surface area contributed by atoms with E-state index in [1.807, 2.05) is 0 Å². The van der Waals surface area contributed by atoms with Gasteiger partial charge >= 0.3 is 0 Å². The maximum absolute atomic E-state index is 11.8. The van der Waals surface area contributed by atoms with Crippen LogP contribution in [-0.4, -0.2) is 23.6 Å². The quantitative estimate of drug-likeness (QED) is 0.867. The van der Waals surface area contributed by atoms with Crippen LogP contribution in [0.25, 0.3) is 0 Å². The first kappa shape index (κ1) is 14.4. The molecule has 3 nitrogen and oxygen atoms in total. The van der Waals surface area contributed by atoms with Gasteiger partial charge in [0.25, 0.3) is 0 Å². The maximum atomic E-state index is 11.8. The second kappa shape index (κ2) is 6.96. The van der Waals surface area contributed by atoms with Crippen molar-refractivity contribution in [1.82, 2.24) is 10.6 Å². The summed E-state index contributed by atoms with van der Waals surface area (Å²) in [5.74, 6) is 2.54. The molecule has 1 aromatic rings. The summed E-state index contributed by atoms with van der Waals surface area (Å²) in [6.45, 7) is 5.06. The van der Waals surface area contributed by atoms with Crippen molar-refractivity contribution in [3.05, 3.63) is 35.4 Å². The first-order valence-corrected chi connectivity index (χ1v) is 7.97. The van der Waals surface area contributed by atoms with Crippen molar-refractivity contribution in [2.45, 2.75) is 32.9 Å². The number of amides is 1. The summed E-state index contributed by atoms with van der Waals surface area (Å²) >= 11 is 1.77. The minimum atomic E-state index is -0.0229. The molecule has 1 atom stereocenters. The molecule has 0 radical (unpaired) electrons. The fraction of sp³-hybridized carbons (Fsp3) is 0.533. The first-order chi connectivity index (χ1) is 9.15. The Bertz CT molecular complexity index is 411. The third-order valence-corrected chi connectivity index (χ3v) is 4.11. The largest absolute Gasteiger partial charge is 0.351 e. The molecule has 1 aliphatic heterocycles. The molecule has 1 unspecified atom stereocenters. The molecule has 0 spiro atoms. The van der Waals surface area contributed by atoms with E-state index < -0.39 is 0 Å². The molecule has 1 aromatic carbocycles. The molecule has 0 saturated carbocycles. The molecule has 2 rings (SSSR count). The van der Waals surface area contributed by atoms with Gasteiger partial charge in [-0.3, -0.25) is 10.1 Å². The van der Waals surface area contributed by atoms with Crippen LogP contribution >= 0.6 is 11.8 Å². The Hall–Kier alpha value is -1.00. The van der Waals surface area contributed by atoms with Crippen LogP contribution in [0.15, 0.2) is 24.3 Å². The molecule has 1 amide bonds. The molecule has 1 saturated heterocycles. The van der Waals surface area contributed by atoms with E-state index in [4.69, 9.17) is 0 Å². The zero-order valence-electron chi connectivity index (χ0n) is 11.6. The third-order valence-electron chi connectivity index (χ3n) is 3.17. The van der Waals surface area contributed by atoms with E-state index in [1.165, 1.54) is 5.56 Å². The van der Waals surface area contributed by atoms with Gasteiger partial charge in [0, 0.05) is 18.2 Å². The molecule has 1 aliphatic rings. The van der Waals surface area contributed by atoms with Gasteiger partial charge in [-0.2, -0.15) is 0 Å². The van der Waals surface area contributed by atoms with Crippen molar-refractivity contribution < 1.29 is 4.79 Å². The zero-order chi connectivity index (χ0) is 13.7. The van der Waals surface area contributed by atoms with Crippen LogP contribution in [0.3, 0.4) is 0 Å². The standard InChI is InChI=1S/C15H22N2OS/c1-11(2)7-12-3-5-13(6-4-12)8-16-15(18)14-9-19-10-17-14/h3-6,11,14,17H,7-10H2,1-2H3,(H,16,18). The lowest BCUT2D eigenvalue weighted by atomic mass is 10.0. The first-order valence-electron chi connectivity index (χ1n) is 6.82. The van der Waals surface area contributed by atoms with Gasteiger partial charge in [-0.1, -0.05) is 38.1 Å². The fourth-order valence-electron chi connectivity index (χ4n) is 2.14. The highest BCUT2D eigenvalue weighted by Gasteiger charge is 2.21. The van der Waals surface area contributed by atoms with E-state index in [0.717, 1.165) is 23.6 Å². The molecule has 19 heavy (non-hydrogen) atoms. The Balaban J connectivity index is 1.80. The predicted molar refractivity (Wildman–Crippen MR) is 81.1 cm³/mol. The van der Waals surface area contributed by atoms with Crippen molar-refractivity contribution in [1.29, 1.82) is 0 Å². The monoisotopic (exact) mass is 278 g/mol. The summed E-state index contributed by atoms with van der Waals surface area (Å²) in [6.07, 6.45) is 1.11. The van der Waals surface area contributed by atoms with E-state index in [1.54, 1.807) is 11.8 Å². The van der Waals surface area contributed by atoms with E-state index in [-0.39, 0.29) is 11.9 Å². The Morgan fingerprint density at radius 3 is 2.63 bits per heavy atom. The van der Waals surface area contributed by atoms with Crippen molar-refractivity contribution in [2.24, 2.45) is 5.92 Å². The zero-order valence-corrected chi connectivity index (χ0v) is 12.4. The van der Waals surface area contributed by atoms with Gasteiger partial charge in [0.15, 0.2) is 0 Å². The second-order valence-corrected chi connectivity index (χ2v) is 6.43. The summed E-state index contributed by atoms with van der Waals surface area (Å²) in [4.78, 5) is 11.8. The average molecular weight is 278 g/mol. The number of benzene rings is 1. The van der Waals surface area contributed by atoms with Crippen molar-refractivity contribution in [3.8, 4) is 0 Å². The summed E-state index contributed by atoms with van der Waals surface area (Å²) in [6, 6.07) is 8.50. The molecular weight excluding hydrogens is 256 g/mol. The number of rotatable bonds is 5. The summed E-state index contributed by atoms with van der Waals surface area (Å²) in [5.41, 5.74) is 2.52. The number of thioether (sulfide) groups is 1. The van der Waals surface area contributed by atoms with Crippen molar-refractivity contribution >= 4 is 17.7 Å². The van der Waals surface area contributed by atoms with Crippen LogP contribution in [0.1, 0.15) is 25.0 Å². The van der Waals surface area contributed by atoms with E-state index in [2.05, 4.69) is 48.7 Å². The van der Waals surface area contributed by atoms with Gasteiger partial charge in [0.1, 0.15) is 0 Å². The number of carbonyl (C=O) groups excluding carboxylic acids is 1. The summed E-state index contributed by atoms with van der Waals surface area (Å²) in [5, 5.41) is 6.16. The van der Waals surface area contributed by atoms with E-state index >= 15 is 0 Å². The van der Waals surface area contributed by atoms with Crippen LogP contribution < -0.4 is 10.6 Å². The molecular formula is C15H22N2OS. The molecule has 1 fully saturated rings. The van der Waals surface area contributed by atoms with Crippen LogP contribution in [-0.2, 0) is 17.8 Å². The molecule has 2 N–H and O–H groups in total. The van der Waals surface area contributed by atoms with E-state index in [9.17, 15) is 4.79 Å². The second-order valence-electron chi connectivity index (χ2n) is 5.40. The SMILES string of the molecule is CC(C)Cc1ccc(CNC(=O)C2CSCN2)cc1. The number of hydrogen-bond donors (Lipinski definition) is 2. The van der Waals surface area contributed by atoms with Crippen molar-refractivity contribution in [2.75, 3.05) is 11.6 Å². The van der Waals surface area contributed by atoms with Gasteiger partial charge in [0.05, 0.1) is 6.04 Å². The number of nitrogens with one attached hydrogen (secondary N) is 2. The van der Waals surface area contributed by atoms with Crippen LogP contribution in [0.4, 0.5) is 0 Å². The van der Waals surface area contributed by atoms with Gasteiger partial charge in [0.2, 0.25) is 5.91 Å². The number of carbonyl (C=O) groups is 1. The maximum Gasteiger partial charge on any atom is 0.238 e. The highest BCUT2D eigenvalue weighted by atomic mass is 32.2. The van der Waals surface area contributed by atoms with Gasteiger partial charge in [-0.15, -0.1) is 11.8 Å². The summed E-state index contributed by atoms with van der Waals surface area (Å²) < 4.78 is 0. The molecule has 0 aliphatic carbocycles. The van der Waals surface area contributed by atoms with Gasteiger partial charge < -0.3 is 5.32 Å². The normalized spacial score (nSPS) is 18.8. The van der Waals surface area contributed by atoms with E-state index in [0.29, 0.717) is 12.5 Å². The summed E-state index contributed by atoms with van der Waals surface area (Å²) in [7, 11) is 0. The lowest BCUT2D eigenvalue weighted by Gasteiger charge is -2.11. The number of hydrogen-bond acceptors (Lipinski definition) is 3. The van der Waals surface area contributed by atoms with Crippen LogP contribution in [0.5, 0.6) is 0 Å². The molecule has 0 bridgehead atoms. The molecule has 104 valence electrons. The Labute approximate surface area is 119 Å². The highest BCUT2D eigenvalue weighted by Crippen LogP contribution is 2.11. The molecule has 0 aromatic heterocycles. The van der Waals surface area contributed by atoms with Crippen LogP contribution in [0, 0.1) is 5.92 Å². The Kier molecular flexibility index (Phi) is 5.28. The van der Waals surface area contributed by atoms with Crippen LogP contribution in [0.2, 0.25) is 0 Å². The highest BCUT2D eigenvalue weighted by molar-refractivity contribution is 7.99. The molecule has 1 heterocycles. The Morgan fingerprint density at radius 1 is 1.37 bits per heavy atom. The lowest BCUT2D eigenvalue weighted by molar-refractivity contribution is -0.122. The minimum Gasteiger partial charge on any atom is -0.351 e. The van der Waals surface area contributed by atoms with Crippen molar-refractivity contribution in [3.63, 3.8) is 0 Å². The Morgan fingerprint density at radius 2 is 2.05 bits per heavy atom. The minimum absolute atomic E-state index is 0.0229. The van der Waals surface area contributed by atoms with Gasteiger partial charge in [-0.05, 0) is 23.5 Å². The topological polar surface area (TPSA) is 41.1 Å².